The number of rotatable bonds is 1. The molecule has 4 rings (SSSR count). The summed E-state index contributed by atoms with van der Waals surface area (Å²) >= 11 is 0. The number of nitrogens with one attached hydrogen (secondary N) is 1. The minimum absolute atomic E-state index is 0.0335. The second kappa shape index (κ2) is 5.18. The van der Waals surface area contributed by atoms with Crippen molar-refractivity contribution in [2.24, 2.45) is 5.92 Å². The lowest BCUT2D eigenvalue weighted by molar-refractivity contribution is -0.140. The van der Waals surface area contributed by atoms with Crippen molar-refractivity contribution in [1.82, 2.24) is 5.32 Å². The standard InChI is InChI=1S/C17H23NO3/c1-12-4-6-17(7-5-12)10-18-9-16(21-17)13-2-3-14-15(8-13)20-11-19-14/h2-3,8,12,16,18H,4-7,9-11H2,1H3. The molecule has 1 aromatic rings. The van der Waals surface area contributed by atoms with Crippen molar-refractivity contribution in [2.45, 2.75) is 44.3 Å². The summed E-state index contributed by atoms with van der Waals surface area (Å²) in [6.45, 7) is 4.53. The highest BCUT2D eigenvalue weighted by Crippen LogP contribution is 2.41. The highest BCUT2D eigenvalue weighted by Gasteiger charge is 2.40. The zero-order valence-corrected chi connectivity index (χ0v) is 12.6. The van der Waals surface area contributed by atoms with Gasteiger partial charge in [0, 0.05) is 13.1 Å². The molecule has 0 aromatic heterocycles. The molecular weight excluding hydrogens is 266 g/mol. The van der Waals surface area contributed by atoms with Gasteiger partial charge in [0.05, 0.1) is 11.7 Å². The van der Waals surface area contributed by atoms with Gasteiger partial charge in [-0.25, -0.2) is 0 Å². The Balaban J connectivity index is 1.53. The van der Waals surface area contributed by atoms with Crippen LogP contribution >= 0.6 is 0 Å². The fraction of sp³-hybridized carbons (Fsp3) is 0.647. The fourth-order valence-corrected chi connectivity index (χ4v) is 3.70. The van der Waals surface area contributed by atoms with Gasteiger partial charge in [-0.15, -0.1) is 0 Å². The molecule has 4 heteroatoms. The first-order valence-corrected chi connectivity index (χ1v) is 8.02. The Morgan fingerprint density at radius 1 is 1.14 bits per heavy atom. The predicted octanol–water partition coefficient (Wildman–Crippen LogP) is 3.03. The van der Waals surface area contributed by atoms with Gasteiger partial charge < -0.3 is 19.5 Å². The molecule has 2 heterocycles. The van der Waals surface area contributed by atoms with E-state index in [0.717, 1.165) is 30.5 Å². The molecule has 1 unspecified atom stereocenters. The molecule has 1 aromatic carbocycles. The van der Waals surface area contributed by atoms with Crippen molar-refractivity contribution >= 4 is 0 Å². The summed E-state index contributed by atoms with van der Waals surface area (Å²) in [7, 11) is 0. The second-order valence-electron chi connectivity index (χ2n) is 6.72. The minimum atomic E-state index is 0.0335. The molecule has 0 bridgehead atoms. The molecule has 3 aliphatic rings. The molecule has 1 atom stereocenters. The Kier molecular flexibility index (Phi) is 3.31. The topological polar surface area (TPSA) is 39.7 Å². The number of hydrogen-bond donors (Lipinski definition) is 1. The van der Waals surface area contributed by atoms with Gasteiger partial charge in [-0.1, -0.05) is 13.0 Å². The SMILES string of the molecule is CC1CCC2(CC1)CNCC(c1ccc3c(c1)OCO3)O2. The number of fused-ring (bicyclic) bond motifs is 1. The van der Waals surface area contributed by atoms with E-state index >= 15 is 0 Å². The van der Waals surface area contributed by atoms with E-state index in [-0.39, 0.29) is 11.7 Å². The van der Waals surface area contributed by atoms with Crippen LogP contribution in [0.1, 0.15) is 44.3 Å². The lowest BCUT2D eigenvalue weighted by Gasteiger charge is -2.45. The van der Waals surface area contributed by atoms with Gasteiger partial charge in [0.1, 0.15) is 0 Å². The molecule has 2 aliphatic heterocycles. The van der Waals surface area contributed by atoms with Crippen LogP contribution < -0.4 is 14.8 Å². The van der Waals surface area contributed by atoms with Crippen LogP contribution in [0.15, 0.2) is 18.2 Å². The fourth-order valence-electron chi connectivity index (χ4n) is 3.70. The lowest BCUT2D eigenvalue weighted by Crippen LogP contribution is -2.52. The molecule has 2 fully saturated rings. The molecule has 114 valence electrons. The van der Waals surface area contributed by atoms with E-state index in [4.69, 9.17) is 14.2 Å². The van der Waals surface area contributed by atoms with Gasteiger partial charge in [-0.3, -0.25) is 0 Å². The van der Waals surface area contributed by atoms with Gasteiger partial charge in [0.25, 0.3) is 0 Å². The van der Waals surface area contributed by atoms with Gasteiger partial charge in [0.2, 0.25) is 6.79 Å². The molecule has 0 radical (unpaired) electrons. The van der Waals surface area contributed by atoms with Crippen molar-refractivity contribution in [1.29, 1.82) is 0 Å². The molecule has 1 saturated heterocycles. The van der Waals surface area contributed by atoms with E-state index in [2.05, 4.69) is 24.4 Å². The molecule has 1 N–H and O–H groups in total. The maximum atomic E-state index is 6.55. The summed E-state index contributed by atoms with van der Waals surface area (Å²) in [5, 5.41) is 3.58. The van der Waals surface area contributed by atoms with Gasteiger partial charge in [-0.05, 0) is 49.3 Å². The average Bonchev–Trinajstić information content (AvgIpc) is 2.98. The lowest BCUT2D eigenvalue weighted by atomic mass is 9.78. The van der Waals surface area contributed by atoms with Crippen molar-refractivity contribution in [3.63, 3.8) is 0 Å². The zero-order valence-electron chi connectivity index (χ0n) is 12.6. The van der Waals surface area contributed by atoms with Crippen molar-refractivity contribution in [2.75, 3.05) is 19.9 Å². The highest BCUT2D eigenvalue weighted by atomic mass is 16.7. The second-order valence-corrected chi connectivity index (χ2v) is 6.72. The minimum Gasteiger partial charge on any atom is -0.454 e. The highest BCUT2D eigenvalue weighted by molar-refractivity contribution is 5.45. The van der Waals surface area contributed by atoms with Crippen molar-refractivity contribution in [3.05, 3.63) is 23.8 Å². The first-order valence-electron chi connectivity index (χ1n) is 8.02. The molecule has 0 amide bonds. The maximum absolute atomic E-state index is 6.55. The summed E-state index contributed by atoms with van der Waals surface area (Å²) in [4.78, 5) is 0. The Morgan fingerprint density at radius 3 is 2.81 bits per heavy atom. The number of morpholine rings is 1. The number of ether oxygens (including phenoxy) is 3. The Labute approximate surface area is 125 Å². The first kappa shape index (κ1) is 13.4. The largest absolute Gasteiger partial charge is 0.454 e. The van der Waals surface area contributed by atoms with Crippen LogP contribution in [-0.2, 0) is 4.74 Å². The zero-order chi connectivity index (χ0) is 14.3. The van der Waals surface area contributed by atoms with Crippen LogP contribution in [0, 0.1) is 5.92 Å². The van der Waals surface area contributed by atoms with E-state index in [9.17, 15) is 0 Å². The number of hydrogen-bond acceptors (Lipinski definition) is 4. The van der Waals surface area contributed by atoms with Gasteiger partial charge >= 0.3 is 0 Å². The van der Waals surface area contributed by atoms with E-state index in [1.165, 1.54) is 31.2 Å². The first-order chi connectivity index (χ1) is 10.2. The van der Waals surface area contributed by atoms with Crippen molar-refractivity contribution < 1.29 is 14.2 Å². The van der Waals surface area contributed by atoms with Crippen LogP contribution in [0.3, 0.4) is 0 Å². The Morgan fingerprint density at radius 2 is 1.95 bits per heavy atom. The van der Waals surface area contributed by atoms with Crippen LogP contribution in [0.5, 0.6) is 11.5 Å². The Hall–Kier alpha value is -1.26. The van der Waals surface area contributed by atoms with E-state index < -0.39 is 0 Å². The van der Waals surface area contributed by atoms with E-state index in [1.807, 2.05) is 6.07 Å². The van der Waals surface area contributed by atoms with Gasteiger partial charge in [0.15, 0.2) is 11.5 Å². The third kappa shape index (κ3) is 2.51. The number of benzene rings is 1. The molecule has 1 saturated carbocycles. The Bertz CT molecular complexity index is 523. The molecule has 4 nitrogen and oxygen atoms in total. The van der Waals surface area contributed by atoms with Crippen LogP contribution in [-0.4, -0.2) is 25.5 Å². The maximum Gasteiger partial charge on any atom is 0.231 e. The average molecular weight is 289 g/mol. The predicted molar refractivity (Wildman–Crippen MR) is 79.6 cm³/mol. The van der Waals surface area contributed by atoms with Crippen LogP contribution in [0.4, 0.5) is 0 Å². The monoisotopic (exact) mass is 289 g/mol. The molecule has 1 aliphatic carbocycles. The summed E-state index contributed by atoms with van der Waals surface area (Å²) < 4.78 is 17.4. The summed E-state index contributed by atoms with van der Waals surface area (Å²) in [5.74, 6) is 2.52. The molecule has 21 heavy (non-hydrogen) atoms. The van der Waals surface area contributed by atoms with Gasteiger partial charge in [-0.2, -0.15) is 0 Å². The molecular formula is C17H23NO3. The third-order valence-corrected chi connectivity index (χ3v) is 5.12. The summed E-state index contributed by atoms with van der Waals surface area (Å²) in [6, 6.07) is 6.16. The quantitative estimate of drug-likeness (QED) is 0.862. The molecule has 1 spiro atoms. The van der Waals surface area contributed by atoms with E-state index in [1.54, 1.807) is 0 Å². The van der Waals surface area contributed by atoms with Crippen LogP contribution in [0.2, 0.25) is 0 Å². The smallest absolute Gasteiger partial charge is 0.231 e. The normalized spacial score (nSPS) is 35.1. The van der Waals surface area contributed by atoms with Crippen molar-refractivity contribution in [3.8, 4) is 11.5 Å². The summed E-state index contributed by atoms with van der Waals surface area (Å²) in [5.41, 5.74) is 1.22. The summed E-state index contributed by atoms with van der Waals surface area (Å²) in [6.07, 6.45) is 5.00. The van der Waals surface area contributed by atoms with E-state index in [0.29, 0.717) is 6.79 Å². The third-order valence-electron chi connectivity index (χ3n) is 5.12. The van der Waals surface area contributed by atoms with Crippen LogP contribution in [0.25, 0.3) is 0 Å².